The molecule has 1 unspecified atom stereocenters. The summed E-state index contributed by atoms with van der Waals surface area (Å²) in [6.45, 7) is 2.64. The van der Waals surface area contributed by atoms with Gasteiger partial charge in [0.1, 0.15) is 0 Å². The van der Waals surface area contributed by atoms with Gasteiger partial charge in [0.25, 0.3) is 0 Å². The molecule has 1 N–H and O–H groups in total. The summed E-state index contributed by atoms with van der Waals surface area (Å²) in [5, 5.41) is 7.17. The molecule has 3 aromatic rings. The maximum atomic E-state index is 13.1. The van der Waals surface area contributed by atoms with Crippen LogP contribution in [-0.2, 0) is 16.1 Å². The molecule has 2 aliphatic heterocycles. The minimum Gasteiger partial charge on any atom is -0.493 e. The second-order valence-electron chi connectivity index (χ2n) is 9.34. The maximum Gasteiger partial charge on any atom is 0.241 e. The van der Waals surface area contributed by atoms with Gasteiger partial charge in [0.2, 0.25) is 23.5 Å². The molecular weight excluding hydrogens is 474 g/mol. The number of carbonyl (C=O) groups is 2. The van der Waals surface area contributed by atoms with Crippen molar-refractivity contribution >= 4 is 23.2 Å². The van der Waals surface area contributed by atoms with Crippen molar-refractivity contribution in [3.8, 4) is 22.9 Å². The van der Waals surface area contributed by atoms with Crippen LogP contribution in [-0.4, -0.2) is 60.7 Å². The number of hydrogen-bond donors (Lipinski definition) is 1. The van der Waals surface area contributed by atoms with Crippen molar-refractivity contribution in [2.24, 2.45) is 5.92 Å². The number of rotatable bonds is 8. The van der Waals surface area contributed by atoms with E-state index < -0.39 is 0 Å². The normalized spacial score (nSPS) is 18.2. The first-order chi connectivity index (χ1) is 18.0. The van der Waals surface area contributed by atoms with Crippen molar-refractivity contribution in [2.45, 2.75) is 32.2 Å². The number of likely N-dealkylation sites (tertiary alicyclic amines) is 1. The van der Waals surface area contributed by atoms with Gasteiger partial charge in [-0.1, -0.05) is 11.2 Å². The van der Waals surface area contributed by atoms with Crippen molar-refractivity contribution in [3.63, 3.8) is 0 Å². The minimum absolute atomic E-state index is 0.0221. The van der Waals surface area contributed by atoms with Gasteiger partial charge in [-0.15, -0.1) is 0 Å². The third-order valence-electron chi connectivity index (χ3n) is 6.84. The number of methoxy groups -OCH3 is 2. The fourth-order valence-corrected chi connectivity index (χ4v) is 4.93. The van der Waals surface area contributed by atoms with Crippen LogP contribution in [0.3, 0.4) is 0 Å². The number of benzene rings is 2. The summed E-state index contributed by atoms with van der Waals surface area (Å²) in [6, 6.07) is 13.0. The number of amides is 2. The summed E-state index contributed by atoms with van der Waals surface area (Å²) >= 11 is 0. The van der Waals surface area contributed by atoms with Crippen LogP contribution in [0.4, 0.5) is 11.4 Å². The van der Waals surface area contributed by atoms with Crippen LogP contribution in [0.25, 0.3) is 11.4 Å². The van der Waals surface area contributed by atoms with E-state index in [0.717, 1.165) is 43.6 Å². The van der Waals surface area contributed by atoms with Crippen molar-refractivity contribution in [2.75, 3.05) is 44.1 Å². The quantitative estimate of drug-likeness (QED) is 0.493. The van der Waals surface area contributed by atoms with Crippen LogP contribution in [0.15, 0.2) is 47.0 Å². The Labute approximate surface area is 215 Å². The molecule has 2 aliphatic rings. The summed E-state index contributed by atoms with van der Waals surface area (Å²) < 4.78 is 16.2. The van der Waals surface area contributed by atoms with Gasteiger partial charge < -0.3 is 24.2 Å². The molecule has 0 spiro atoms. The van der Waals surface area contributed by atoms with E-state index in [4.69, 9.17) is 14.0 Å². The van der Waals surface area contributed by atoms with Crippen molar-refractivity contribution in [1.82, 2.24) is 15.0 Å². The third-order valence-corrected chi connectivity index (χ3v) is 6.84. The summed E-state index contributed by atoms with van der Waals surface area (Å²) in [6.07, 6.45) is 3.15. The molecular formula is C27H31N5O5. The molecule has 0 saturated carbocycles. The highest BCUT2D eigenvalue weighted by Gasteiger charge is 2.28. The van der Waals surface area contributed by atoms with Crippen LogP contribution in [0.5, 0.6) is 11.5 Å². The average molecular weight is 506 g/mol. The predicted octanol–water partition coefficient (Wildman–Crippen LogP) is 3.73. The van der Waals surface area contributed by atoms with Crippen LogP contribution in [0.1, 0.15) is 31.6 Å². The molecule has 10 heteroatoms. The van der Waals surface area contributed by atoms with Crippen molar-refractivity contribution in [3.05, 3.63) is 48.4 Å². The van der Waals surface area contributed by atoms with E-state index in [1.165, 1.54) is 0 Å². The number of ether oxygens (including phenoxy) is 2. The van der Waals surface area contributed by atoms with Gasteiger partial charge in [0, 0.05) is 36.4 Å². The summed E-state index contributed by atoms with van der Waals surface area (Å²) in [5.41, 5.74) is 2.30. The Morgan fingerprint density at radius 1 is 1.11 bits per heavy atom. The van der Waals surface area contributed by atoms with E-state index in [0.29, 0.717) is 48.4 Å². The molecule has 37 heavy (non-hydrogen) atoms. The van der Waals surface area contributed by atoms with E-state index in [1.54, 1.807) is 25.2 Å². The Balaban J connectivity index is 1.20. The first-order valence-electron chi connectivity index (χ1n) is 12.5. The molecule has 0 radical (unpaired) electrons. The molecule has 0 aliphatic carbocycles. The molecule has 5 rings (SSSR count). The first kappa shape index (κ1) is 24.8. The molecule has 2 saturated heterocycles. The lowest BCUT2D eigenvalue weighted by Gasteiger charge is -2.31. The van der Waals surface area contributed by atoms with Gasteiger partial charge in [-0.2, -0.15) is 4.98 Å². The van der Waals surface area contributed by atoms with Gasteiger partial charge >= 0.3 is 0 Å². The number of nitrogens with one attached hydrogen (secondary N) is 1. The zero-order chi connectivity index (χ0) is 25.8. The molecule has 10 nitrogen and oxygen atoms in total. The van der Waals surface area contributed by atoms with Crippen LogP contribution in [0, 0.1) is 5.92 Å². The van der Waals surface area contributed by atoms with Crippen molar-refractivity contribution in [1.29, 1.82) is 0 Å². The predicted molar refractivity (Wildman–Crippen MR) is 137 cm³/mol. The fourth-order valence-electron chi connectivity index (χ4n) is 4.93. The Bertz CT molecular complexity index is 1280. The van der Waals surface area contributed by atoms with E-state index in [9.17, 15) is 9.59 Å². The van der Waals surface area contributed by atoms with E-state index in [2.05, 4.69) is 20.4 Å². The monoisotopic (exact) mass is 505 g/mol. The molecule has 2 amide bonds. The maximum absolute atomic E-state index is 13.1. The number of piperidine rings is 1. The number of aromatic nitrogens is 2. The first-order valence-corrected chi connectivity index (χ1v) is 12.5. The van der Waals surface area contributed by atoms with Crippen LogP contribution >= 0.6 is 0 Å². The van der Waals surface area contributed by atoms with E-state index in [1.807, 2.05) is 36.4 Å². The van der Waals surface area contributed by atoms with E-state index >= 15 is 0 Å². The second-order valence-corrected chi connectivity index (χ2v) is 9.34. The zero-order valence-electron chi connectivity index (χ0n) is 21.1. The lowest BCUT2D eigenvalue weighted by Crippen LogP contribution is -2.40. The lowest BCUT2D eigenvalue weighted by molar-refractivity contribution is -0.121. The Hall–Kier alpha value is -3.92. The Morgan fingerprint density at radius 3 is 2.76 bits per heavy atom. The lowest BCUT2D eigenvalue weighted by atomic mass is 9.97. The Morgan fingerprint density at radius 2 is 1.97 bits per heavy atom. The topological polar surface area (TPSA) is 110 Å². The largest absolute Gasteiger partial charge is 0.493 e. The summed E-state index contributed by atoms with van der Waals surface area (Å²) in [5.74, 6) is 2.14. The fraction of sp³-hybridized carbons (Fsp3) is 0.407. The highest BCUT2D eigenvalue weighted by atomic mass is 16.5. The van der Waals surface area contributed by atoms with Gasteiger partial charge in [0.15, 0.2) is 11.5 Å². The van der Waals surface area contributed by atoms with E-state index in [-0.39, 0.29) is 17.7 Å². The molecule has 3 heterocycles. The van der Waals surface area contributed by atoms with Crippen molar-refractivity contribution < 1.29 is 23.6 Å². The molecule has 2 fully saturated rings. The third kappa shape index (κ3) is 5.59. The zero-order valence-corrected chi connectivity index (χ0v) is 21.1. The molecule has 1 atom stereocenters. The number of hydrogen-bond acceptors (Lipinski definition) is 8. The second kappa shape index (κ2) is 11.0. The highest BCUT2D eigenvalue weighted by Crippen LogP contribution is 2.31. The number of carbonyl (C=O) groups excluding carboxylic acids is 2. The van der Waals surface area contributed by atoms with Crippen LogP contribution < -0.4 is 19.7 Å². The average Bonchev–Trinajstić information content (AvgIpc) is 3.57. The molecule has 194 valence electrons. The highest BCUT2D eigenvalue weighted by molar-refractivity contribution is 5.97. The minimum atomic E-state index is -0.154. The molecule has 0 bridgehead atoms. The van der Waals surface area contributed by atoms with Gasteiger partial charge in [0.05, 0.1) is 26.7 Å². The SMILES string of the molecule is COc1ccc(-c2noc(CN3CCCC(C(=O)Nc4cccc(N5CCCC5=O)c4)C3)n2)cc1OC. The van der Waals surface area contributed by atoms with Crippen LogP contribution in [0.2, 0.25) is 0 Å². The number of nitrogens with zero attached hydrogens (tertiary/aromatic N) is 4. The molecule has 2 aromatic carbocycles. The summed E-state index contributed by atoms with van der Waals surface area (Å²) in [7, 11) is 3.17. The van der Waals surface area contributed by atoms with Gasteiger partial charge in [-0.3, -0.25) is 14.5 Å². The smallest absolute Gasteiger partial charge is 0.241 e. The standard InChI is InChI=1S/C27H31N5O5/c1-35-22-11-10-18(14-23(22)36-2)26-29-24(37-30-26)17-31-12-4-6-19(16-31)27(34)28-20-7-3-8-21(15-20)32-13-5-9-25(32)33/h3,7-8,10-11,14-15,19H,4-6,9,12-13,16-17H2,1-2H3,(H,28,34). The summed E-state index contributed by atoms with van der Waals surface area (Å²) in [4.78, 5) is 33.6. The van der Waals surface area contributed by atoms with Gasteiger partial charge in [-0.25, -0.2) is 0 Å². The molecule has 1 aromatic heterocycles. The number of anilines is 2. The Kier molecular flexibility index (Phi) is 7.36. The van der Waals surface area contributed by atoms with Gasteiger partial charge in [-0.05, 0) is 62.2 Å².